The monoisotopic (exact) mass is 1630 g/mol. The van der Waals surface area contributed by atoms with Crippen molar-refractivity contribution in [2.24, 2.45) is 58.2 Å². The van der Waals surface area contributed by atoms with Gasteiger partial charge in [-0.05, 0) is 285 Å². The lowest BCUT2D eigenvalue weighted by Crippen LogP contribution is -2.36. The predicted octanol–water partition coefficient (Wildman–Crippen LogP) is 31.8. The van der Waals surface area contributed by atoms with Crippen molar-refractivity contribution in [3.8, 4) is 0 Å². The van der Waals surface area contributed by atoms with E-state index in [9.17, 15) is 20.4 Å². The summed E-state index contributed by atoms with van der Waals surface area (Å²) in [6.45, 7) is 37.8. The van der Waals surface area contributed by atoms with Gasteiger partial charge in [-0.25, -0.2) is 0 Å². The highest BCUT2D eigenvalue weighted by atomic mass is 16.3. The molecule has 8 saturated carbocycles. The van der Waals surface area contributed by atoms with Gasteiger partial charge < -0.3 is 20.4 Å². The van der Waals surface area contributed by atoms with E-state index in [1.807, 2.05) is 109 Å². The fourth-order valence-corrected chi connectivity index (χ4v) is 22.2. The molecule has 0 radical (unpaired) electrons. The van der Waals surface area contributed by atoms with Crippen molar-refractivity contribution in [2.45, 2.75) is 373 Å². The summed E-state index contributed by atoms with van der Waals surface area (Å²) in [5.74, 6) is 6.15. The molecule has 8 aliphatic rings. The van der Waals surface area contributed by atoms with E-state index in [-0.39, 0.29) is 0 Å². The van der Waals surface area contributed by atoms with Gasteiger partial charge in [0, 0.05) is 0 Å². The molecule has 8 unspecified atom stereocenters. The molecule has 8 aromatic carbocycles. The van der Waals surface area contributed by atoms with Gasteiger partial charge in [-0.1, -0.05) is 411 Å². The molecule has 0 spiro atoms. The first-order valence-electron chi connectivity index (χ1n) is 48.6. The van der Waals surface area contributed by atoms with E-state index < -0.39 is 22.4 Å². The van der Waals surface area contributed by atoms with Gasteiger partial charge in [0.05, 0.1) is 22.4 Å². The molecule has 0 amide bonds. The molecule has 0 aromatic heterocycles. The van der Waals surface area contributed by atoms with Crippen LogP contribution in [0.2, 0.25) is 0 Å². The van der Waals surface area contributed by atoms with Crippen LogP contribution in [0.15, 0.2) is 243 Å². The molecule has 0 bridgehead atoms. The topological polar surface area (TPSA) is 80.9 Å². The minimum Gasteiger partial charge on any atom is -0.385 e. The van der Waals surface area contributed by atoms with E-state index >= 15 is 0 Å². The van der Waals surface area contributed by atoms with Gasteiger partial charge in [-0.3, -0.25) is 0 Å². The highest BCUT2D eigenvalue weighted by Crippen LogP contribution is 2.51. The van der Waals surface area contributed by atoms with E-state index in [4.69, 9.17) is 0 Å². The van der Waals surface area contributed by atoms with Crippen molar-refractivity contribution in [3.63, 3.8) is 0 Å². The molecule has 0 saturated heterocycles. The number of rotatable bonds is 12. The second-order valence-corrected chi connectivity index (χ2v) is 42.3. The highest BCUT2D eigenvalue weighted by Gasteiger charge is 2.43. The molecular weight excluding hydrogens is 1460 g/mol. The molecule has 8 fully saturated rings. The summed E-state index contributed by atoms with van der Waals surface area (Å²) in [7, 11) is 0. The quantitative estimate of drug-likeness (QED) is 0.0983. The number of benzene rings is 8. The molecule has 4 nitrogen and oxygen atoms in total. The van der Waals surface area contributed by atoms with Crippen molar-refractivity contribution in [3.05, 3.63) is 287 Å². The minimum absolute atomic E-state index is 0.388. The Kier molecular flexibility index (Phi) is 36.9. The van der Waals surface area contributed by atoms with Gasteiger partial charge in [-0.15, -0.1) is 0 Å². The molecule has 8 atom stereocenters. The van der Waals surface area contributed by atoms with Gasteiger partial charge in [-0.2, -0.15) is 0 Å². The maximum Gasteiger partial charge on any atom is 0.0921 e. The van der Waals surface area contributed by atoms with Crippen LogP contribution in [0, 0.1) is 58.2 Å². The SMILES string of the molecule is CC1CCC(C)(c2ccccc2)CC1.CC1CCC(O)(c2ccccc2)CC1.CC1CCCC(C)(c2ccccc2)C1.CC1CCCC(O)(c2ccccc2)C1.CC1CCCCC1(C)c1ccccc1.CC1CCCCC1(O)c1ccccc1.CCC(C)(C)C1CCC(C)(c2ccccc2)CC1.CCC(C)(C)C1CCC(O)(c2ccccc2)CC1. The van der Waals surface area contributed by atoms with E-state index in [0.717, 1.165) is 148 Å². The Labute approximate surface area is 734 Å². The first kappa shape index (κ1) is 97.4. The normalized spacial score (nSPS) is 31.8. The summed E-state index contributed by atoms with van der Waals surface area (Å²) >= 11 is 0. The van der Waals surface area contributed by atoms with Crippen molar-refractivity contribution < 1.29 is 20.4 Å². The second kappa shape index (κ2) is 45.5. The molecule has 0 heterocycles. The van der Waals surface area contributed by atoms with Crippen LogP contribution >= 0.6 is 0 Å². The zero-order valence-electron chi connectivity index (χ0n) is 78.5. The van der Waals surface area contributed by atoms with Gasteiger partial charge >= 0.3 is 0 Å². The van der Waals surface area contributed by atoms with Crippen LogP contribution < -0.4 is 0 Å². The van der Waals surface area contributed by atoms with Crippen molar-refractivity contribution >= 4 is 0 Å². The molecule has 8 aromatic rings. The Bertz CT molecular complexity index is 3800. The average Bonchev–Trinajstić information content (AvgIpc) is 0.813. The molecule has 656 valence electrons. The van der Waals surface area contributed by atoms with Crippen LogP contribution in [0.3, 0.4) is 0 Å². The smallest absolute Gasteiger partial charge is 0.0921 e. The molecular formula is C116H168O4. The Morgan fingerprint density at radius 1 is 0.250 bits per heavy atom. The number of hydrogen-bond donors (Lipinski definition) is 4. The zero-order valence-corrected chi connectivity index (χ0v) is 78.5. The predicted molar refractivity (Wildman–Crippen MR) is 514 cm³/mol. The third kappa shape index (κ3) is 27.3. The van der Waals surface area contributed by atoms with E-state index in [0.29, 0.717) is 44.3 Å². The van der Waals surface area contributed by atoms with Crippen molar-refractivity contribution in [2.75, 3.05) is 0 Å². The molecule has 0 aliphatic heterocycles. The summed E-state index contributed by atoms with van der Waals surface area (Å²) in [5.41, 5.74) is 10.9. The summed E-state index contributed by atoms with van der Waals surface area (Å²) < 4.78 is 0. The van der Waals surface area contributed by atoms with Crippen LogP contribution in [0.25, 0.3) is 0 Å². The first-order valence-corrected chi connectivity index (χ1v) is 48.6. The molecule has 4 heteroatoms. The molecule has 8 aliphatic carbocycles. The van der Waals surface area contributed by atoms with E-state index in [1.165, 1.54) is 151 Å². The maximum absolute atomic E-state index is 10.8. The minimum atomic E-state index is -0.582. The average molecular weight is 1630 g/mol. The summed E-state index contributed by atoms with van der Waals surface area (Å²) in [4.78, 5) is 0. The van der Waals surface area contributed by atoms with Crippen LogP contribution in [-0.2, 0) is 44.1 Å². The van der Waals surface area contributed by atoms with Crippen molar-refractivity contribution in [1.82, 2.24) is 0 Å². The molecule has 4 N–H and O–H groups in total. The molecule has 16 rings (SSSR count). The Balaban J connectivity index is 0.000000156. The highest BCUT2D eigenvalue weighted by molar-refractivity contribution is 5.31. The van der Waals surface area contributed by atoms with Crippen LogP contribution in [-0.4, -0.2) is 20.4 Å². The lowest BCUT2D eigenvalue weighted by atomic mass is 9.61. The van der Waals surface area contributed by atoms with Gasteiger partial charge in [0.1, 0.15) is 0 Å². The zero-order chi connectivity index (χ0) is 86.6. The summed E-state index contributed by atoms with van der Waals surface area (Å²) in [6, 6.07) is 84.6. The van der Waals surface area contributed by atoms with Crippen molar-refractivity contribution in [1.29, 1.82) is 0 Å². The lowest BCUT2D eigenvalue weighted by Gasteiger charge is -2.43. The van der Waals surface area contributed by atoms with Gasteiger partial charge in [0.2, 0.25) is 0 Å². The lowest BCUT2D eigenvalue weighted by molar-refractivity contribution is -0.0469. The van der Waals surface area contributed by atoms with E-state index in [1.54, 1.807) is 0 Å². The van der Waals surface area contributed by atoms with Crippen LogP contribution in [0.5, 0.6) is 0 Å². The van der Waals surface area contributed by atoms with Crippen LogP contribution in [0.4, 0.5) is 0 Å². The number of hydrogen-bond acceptors (Lipinski definition) is 4. The first-order chi connectivity index (χ1) is 57.2. The Hall–Kier alpha value is -6.40. The maximum atomic E-state index is 10.8. The van der Waals surface area contributed by atoms with Gasteiger partial charge in [0.25, 0.3) is 0 Å². The third-order valence-corrected chi connectivity index (χ3v) is 32.6. The standard InChI is InChI=1S/C18H28.C17H26O.3C14H20.3C13H18O/c1-5-17(2,3)15-11-13-18(4,14-12-15)16-9-7-6-8-10-16;1-4-16(2,3)14-10-12-17(18,13-11-14)15-8-6-5-7-9-15;1-12-8-6-7-11-14(12,2)13-9-4-3-5-10-13;1-12-7-6-10-14(2,11-12)13-8-4-3-5-9-13;1-12-8-10-14(2,11-9-12)13-6-4-3-5-7-13;1-11-7-5-6-10-13(11,14)12-8-3-2-4-9-12;1-11-6-5-9-13(14,10-11)12-7-3-2-4-8-12;1-11-7-9-13(14,10-8-11)12-5-3-2-4-6-12/h6-10,15H,5,11-14H2,1-4H3;5-9,14,18H,4,10-13H2,1-3H3;3-5,9-10,12H,6-8,11H2,1-2H3;3-5,8-9,12H,6-7,10-11H2,1-2H3;3-7,12H,8-11H2,1-2H3;2-4,8-9,11,14H,5-7,10H2,1H3;2-4,7-8,11,14H,5-6,9-10H2,1H3;2-6,11,14H,7-10H2,1H3. The third-order valence-electron chi connectivity index (χ3n) is 32.6. The summed E-state index contributed by atoms with van der Waals surface area (Å²) in [5, 5.41) is 42.4. The fraction of sp³-hybridized carbons (Fsp3) is 0.586. The molecule has 120 heavy (non-hydrogen) atoms. The van der Waals surface area contributed by atoms with Gasteiger partial charge in [0.15, 0.2) is 0 Å². The summed E-state index contributed by atoms with van der Waals surface area (Å²) in [6.07, 6.45) is 41.6. The number of aliphatic hydroxyl groups is 4. The Morgan fingerprint density at radius 3 is 0.900 bits per heavy atom. The Morgan fingerprint density at radius 2 is 0.542 bits per heavy atom. The second-order valence-electron chi connectivity index (χ2n) is 42.3. The largest absolute Gasteiger partial charge is 0.385 e. The fourth-order valence-electron chi connectivity index (χ4n) is 22.2. The van der Waals surface area contributed by atoms with Crippen LogP contribution in [0.1, 0.15) is 374 Å². The van der Waals surface area contributed by atoms with E-state index in [2.05, 4.69) is 244 Å².